The van der Waals surface area contributed by atoms with Crippen molar-refractivity contribution in [1.29, 1.82) is 0 Å². The Morgan fingerprint density at radius 3 is 2.46 bits per heavy atom. The fourth-order valence-corrected chi connectivity index (χ4v) is 7.18. The first kappa shape index (κ1) is 37.3. The molecule has 0 bridgehead atoms. The van der Waals surface area contributed by atoms with Gasteiger partial charge in [-0.05, 0) is 99.7 Å². The molecule has 6 nitrogen and oxygen atoms in total. The van der Waals surface area contributed by atoms with Crippen molar-refractivity contribution in [3.63, 3.8) is 0 Å². The number of nitrogens with zero attached hydrogens (tertiary/aromatic N) is 3. The number of unbranched alkanes of at least 4 members (excludes halogenated alkanes) is 6. The number of ether oxygens (including phenoxy) is 2. The van der Waals surface area contributed by atoms with Crippen LogP contribution in [0.25, 0.3) is 21.0 Å². The van der Waals surface area contributed by atoms with Crippen molar-refractivity contribution in [3.05, 3.63) is 96.4 Å². The number of allylic oxidation sites excluding steroid dienone is 6. The van der Waals surface area contributed by atoms with Crippen molar-refractivity contribution < 1.29 is 14.3 Å². The molecule has 1 saturated heterocycles. The van der Waals surface area contributed by atoms with Crippen LogP contribution < -0.4 is 14.4 Å². The van der Waals surface area contributed by atoms with E-state index in [4.69, 9.17) is 9.47 Å². The second kappa shape index (κ2) is 21.3. The van der Waals surface area contributed by atoms with E-state index in [1.807, 2.05) is 35.6 Å². The molecule has 0 saturated carbocycles. The summed E-state index contributed by atoms with van der Waals surface area (Å²) in [4.78, 5) is 22.2. The lowest BCUT2D eigenvalue weighted by Gasteiger charge is -2.36. The minimum Gasteiger partial charge on any atom is -0.494 e. The van der Waals surface area contributed by atoms with Crippen LogP contribution >= 0.6 is 11.3 Å². The molecule has 50 heavy (non-hydrogen) atoms. The molecule has 7 heteroatoms. The van der Waals surface area contributed by atoms with Gasteiger partial charge in [-0.15, -0.1) is 11.3 Å². The number of piperazine rings is 1. The number of fused-ring (bicyclic) bond motifs is 2. The lowest BCUT2D eigenvalue weighted by Crippen LogP contribution is -2.46. The van der Waals surface area contributed by atoms with E-state index in [0.717, 1.165) is 107 Å². The van der Waals surface area contributed by atoms with E-state index in [-0.39, 0.29) is 5.97 Å². The van der Waals surface area contributed by atoms with Gasteiger partial charge in [0.05, 0.1) is 12.1 Å². The van der Waals surface area contributed by atoms with Gasteiger partial charge in [-0.3, -0.25) is 9.69 Å². The zero-order valence-electron chi connectivity index (χ0n) is 29.9. The van der Waals surface area contributed by atoms with Crippen LogP contribution in [-0.4, -0.2) is 55.2 Å². The number of rotatable bonds is 21. The molecular formula is C43H55N3O3S. The Morgan fingerprint density at radius 2 is 1.60 bits per heavy atom. The van der Waals surface area contributed by atoms with Crippen LogP contribution in [-0.2, 0) is 4.79 Å². The highest BCUT2D eigenvalue weighted by Crippen LogP contribution is 2.31. The maximum atomic E-state index is 12.5. The number of aromatic nitrogens is 1. The average molecular weight is 694 g/mol. The molecule has 0 N–H and O–H groups in total. The van der Waals surface area contributed by atoms with Gasteiger partial charge in [0.2, 0.25) is 5.88 Å². The number of hydrogen-bond donors (Lipinski definition) is 0. The van der Waals surface area contributed by atoms with E-state index in [0.29, 0.717) is 18.9 Å². The zero-order valence-corrected chi connectivity index (χ0v) is 30.8. The summed E-state index contributed by atoms with van der Waals surface area (Å²) in [5.74, 6) is 0.935. The molecule has 2 aromatic carbocycles. The van der Waals surface area contributed by atoms with Crippen molar-refractivity contribution in [2.24, 2.45) is 0 Å². The lowest BCUT2D eigenvalue weighted by atomic mass is 10.1. The first-order chi connectivity index (χ1) is 24.7. The molecule has 3 heterocycles. The highest BCUT2D eigenvalue weighted by atomic mass is 32.1. The molecule has 0 amide bonds. The smallest absolute Gasteiger partial charge is 0.312 e. The van der Waals surface area contributed by atoms with E-state index in [9.17, 15) is 4.79 Å². The third-order valence-electron chi connectivity index (χ3n) is 9.21. The Labute approximate surface area is 303 Å². The molecule has 1 fully saturated rings. The first-order valence-corrected chi connectivity index (χ1v) is 19.7. The van der Waals surface area contributed by atoms with Gasteiger partial charge in [-0.2, -0.15) is 0 Å². The molecule has 1 aliphatic heterocycles. The maximum Gasteiger partial charge on any atom is 0.312 e. The van der Waals surface area contributed by atoms with Gasteiger partial charge < -0.3 is 14.4 Å². The van der Waals surface area contributed by atoms with Gasteiger partial charge in [-0.25, -0.2) is 4.98 Å². The molecule has 0 radical (unpaired) electrons. The largest absolute Gasteiger partial charge is 0.494 e. The molecule has 2 aromatic heterocycles. The van der Waals surface area contributed by atoms with E-state index < -0.39 is 0 Å². The van der Waals surface area contributed by atoms with Crippen LogP contribution in [0, 0.1) is 0 Å². The van der Waals surface area contributed by atoms with E-state index in [1.165, 1.54) is 28.6 Å². The number of thiophene rings is 1. The van der Waals surface area contributed by atoms with Crippen LogP contribution in [0.2, 0.25) is 0 Å². The molecule has 5 rings (SSSR count). The number of carbonyl (C=O) groups excluding carboxylic acids is 1. The first-order valence-electron chi connectivity index (χ1n) is 18.8. The topological polar surface area (TPSA) is 54.9 Å². The fourth-order valence-electron chi connectivity index (χ4n) is 6.37. The summed E-state index contributed by atoms with van der Waals surface area (Å²) < 4.78 is 13.0. The van der Waals surface area contributed by atoms with Gasteiger partial charge in [0.1, 0.15) is 5.75 Å². The summed E-state index contributed by atoms with van der Waals surface area (Å²) >= 11 is 1.82. The van der Waals surface area contributed by atoms with Crippen molar-refractivity contribution in [3.8, 4) is 11.6 Å². The molecule has 266 valence electrons. The standard InChI is InChI=1S/C43H55N3O3S/c1-2-3-4-5-6-7-8-9-10-11-12-13-14-15-16-22-43(47)49-42-26-24-36-23-25-37(35-39(36)44-42)48-33-18-17-28-45-29-31-46(32-30-45)40-20-19-21-41-38(40)27-34-50-41/h3-4,6-7,9-10,19-21,23-27,34-35H,2,5,8,11-18,22,28-33H2,1H3/b4-3-,7-6-,10-9-. The molecule has 1 aliphatic rings. The van der Waals surface area contributed by atoms with E-state index >= 15 is 0 Å². The van der Waals surface area contributed by atoms with Crippen LogP contribution in [0.5, 0.6) is 11.6 Å². The summed E-state index contributed by atoms with van der Waals surface area (Å²) in [7, 11) is 0. The molecule has 0 unspecified atom stereocenters. The number of esters is 1. The Balaban J connectivity index is 0.914. The third kappa shape index (κ3) is 12.4. The van der Waals surface area contributed by atoms with Gasteiger partial charge in [0.15, 0.2) is 0 Å². The maximum absolute atomic E-state index is 12.5. The number of carbonyl (C=O) groups is 1. The van der Waals surface area contributed by atoms with Crippen molar-refractivity contribution in [1.82, 2.24) is 9.88 Å². The lowest BCUT2D eigenvalue weighted by molar-refractivity contribution is -0.134. The van der Waals surface area contributed by atoms with Crippen LogP contribution in [0.3, 0.4) is 0 Å². The minimum atomic E-state index is -0.216. The Morgan fingerprint density at radius 1 is 0.820 bits per heavy atom. The Hall–Kier alpha value is -3.94. The van der Waals surface area contributed by atoms with Crippen LogP contribution in [0.15, 0.2) is 96.4 Å². The quantitative estimate of drug-likeness (QED) is 0.0492. The second-order valence-corrected chi connectivity index (χ2v) is 14.0. The summed E-state index contributed by atoms with van der Waals surface area (Å²) in [6.07, 6.45) is 25.6. The normalized spacial score (nSPS) is 14.2. The van der Waals surface area contributed by atoms with Crippen molar-refractivity contribution in [2.75, 3.05) is 44.2 Å². The number of pyridine rings is 1. The summed E-state index contributed by atoms with van der Waals surface area (Å²) in [6, 6.07) is 18.6. The molecule has 4 aromatic rings. The number of hydrogen-bond acceptors (Lipinski definition) is 7. The number of anilines is 1. The second-order valence-electron chi connectivity index (χ2n) is 13.1. The predicted molar refractivity (Wildman–Crippen MR) is 212 cm³/mol. The van der Waals surface area contributed by atoms with E-state index in [1.54, 1.807) is 6.07 Å². The SMILES string of the molecule is CC/C=C\C/C=C\C/C=C\CCCCCCCC(=O)Oc1ccc2ccc(OCCCCN3CCN(c4cccc5sccc45)CC3)cc2n1. The molecular weight excluding hydrogens is 639 g/mol. The summed E-state index contributed by atoms with van der Waals surface area (Å²) in [5.41, 5.74) is 2.15. The Kier molecular flexibility index (Phi) is 15.9. The van der Waals surface area contributed by atoms with Crippen molar-refractivity contribution in [2.45, 2.75) is 84.0 Å². The number of benzene rings is 2. The van der Waals surface area contributed by atoms with Crippen molar-refractivity contribution >= 4 is 44.0 Å². The van der Waals surface area contributed by atoms with Crippen LogP contribution in [0.4, 0.5) is 5.69 Å². The van der Waals surface area contributed by atoms with E-state index in [2.05, 4.69) is 87.8 Å². The van der Waals surface area contributed by atoms with Gasteiger partial charge in [0, 0.05) is 65.9 Å². The minimum absolute atomic E-state index is 0.216. The van der Waals surface area contributed by atoms with Crippen LogP contribution in [0.1, 0.15) is 84.0 Å². The summed E-state index contributed by atoms with van der Waals surface area (Å²) in [5, 5.41) is 4.57. The average Bonchev–Trinajstić information content (AvgIpc) is 3.63. The highest BCUT2D eigenvalue weighted by Gasteiger charge is 2.18. The Bertz CT molecular complexity index is 1690. The predicted octanol–water partition coefficient (Wildman–Crippen LogP) is 10.9. The molecule has 0 spiro atoms. The third-order valence-corrected chi connectivity index (χ3v) is 10.1. The molecule has 0 atom stereocenters. The van der Waals surface area contributed by atoms with Gasteiger partial charge >= 0.3 is 5.97 Å². The monoisotopic (exact) mass is 693 g/mol. The van der Waals surface area contributed by atoms with Gasteiger partial charge in [0.25, 0.3) is 0 Å². The highest BCUT2D eigenvalue weighted by molar-refractivity contribution is 7.17. The summed E-state index contributed by atoms with van der Waals surface area (Å²) in [6.45, 7) is 8.27. The zero-order chi connectivity index (χ0) is 34.6. The van der Waals surface area contributed by atoms with Gasteiger partial charge in [-0.1, -0.05) is 68.7 Å². The fraction of sp³-hybridized carbons (Fsp3) is 0.442. The molecule has 0 aliphatic carbocycles.